The summed E-state index contributed by atoms with van der Waals surface area (Å²) in [6.07, 6.45) is 1.38. The zero-order valence-electron chi connectivity index (χ0n) is 12.5. The third-order valence-electron chi connectivity index (χ3n) is 3.20. The van der Waals surface area contributed by atoms with Crippen molar-refractivity contribution in [1.82, 2.24) is 4.90 Å². The molecule has 0 bridgehead atoms. The van der Waals surface area contributed by atoms with E-state index < -0.39 is 10.5 Å². The van der Waals surface area contributed by atoms with Crippen LogP contribution in [-0.2, 0) is 11.3 Å². The van der Waals surface area contributed by atoms with E-state index in [4.69, 9.17) is 5.73 Å². The molecule has 0 fully saturated rings. The summed E-state index contributed by atoms with van der Waals surface area (Å²) in [4.78, 5) is 24.2. The van der Waals surface area contributed by atoms with E-state index >= 15 is 0 Å². The van der Waals surface area contributed by atoms with E-state index in [0.29, 0.717) is 12.0 Å². The largest absolute Gasteiger partial charge is 0.340 e. The Kier molecular flexibility index (Phi) is 7.32. The summed E-state index contributed by atoms with van der Waals surface area (Å²) >= 11 is 0. The maximum Gasteiger partial charge on any atom is 0.274 e. The van der Waals surface area contributed by atoms with Gasteiger partial charge in [0.25, 0.3) is 5.69 Å². The summed E-state index contributed by atoms with van der Waals surface area (Å²) in [5, 5.41) is 10.9. The van der Waals surface area contributed by atoms with Gasteiger partial charge in [0.2, 0.25) is 5.91 Å². The van der Waals surface area contributed by atoms with Crippen molar-refractivity contribution in [2.24, 2.45) is 5.73 Å². The normalized spacial score (nSPS) is 13.0. The van der Waals surface area contributed by atoms with Crippen molar-refractivity contribution in [1.29, 1.82) is 0 Å². The minimum Gasteiger partial charge on any atom is -0.340 e. The molecule has 0 aliphatic rings. The first kappa shape index (κ1) is 19.3. The fraction of sp³-hybridized carbons (Fsp3) is 0.500. The third kappa shape index (κ3) is 4.99. The fourth-order valence-corrected chi connectivity index (χ4v) is 2.21. The van der Waals surface area contributed by atoms with Crippen LogP contribution >= 0.6 is 12.4 Å². The van der Waals surface area contributed by atoms with Crippen molar-refractivity contribution in [2.75, 3.05) is 7.05 Å². The molecule has 1 amide bonds. The van der Waals surface area contributed by atoms with Gasteiger partial charge in [-0.1, -0.05) is 31.5 Å². The lowest BCUT2D eigenvalue weighted by molar-refractivity contribution is -0.385. The highest BCUT2D eigenvalue weighted by Crippen LogP contribution is 2.20. The van der Waals surface area contributed by atoms with Gasteiger partial charge in [-0.25, -0.2) is 0 Å². The van der Waals surface area contributed by atoms with E-state index in [2.05, 4.69) is 0 Å². The molecule has 1 unspecified atom stereocenters. The molecule has 0 saturated carbocycles. The van der Waals surface area contributed by atoms with Gasteiger partial charge in [0.05, 0.1) is 17.0 Å². The van der Waals surface area contributed by atoms with Gasteiger partial charge in [0.15, 0.2) is 0 Å². The Morgan fingerprint density at radius 1 is 1.43 bits per heavy atom. The monoisotopic (exact) mass is 315 g/mol. The maximum atomic E-state index is 12.3. The van der Waals surface area contributed by atoms with Crippen LogP contribution < -0.4 is 5.73 Å². The summed E-state index contributed by atoms with van der Waals surface area (Å²) < 4.78 is 0. The molecule has 1 aromatic carbocycles. The first-order chi connectivity index (χ1) is 9.29. The second-order valence-electron chi connectivity index (χ2n) is 5.21. The second-order valence-corrected chi connectivity index (χ2v) is 5.21. The van der Waals surface area contributed by atoms with Gasteiger partial charge in [-0.2, -0.15) is 0 Å². The molecule has 1 aromatic rings. The van der Waals surface area contributed by atoms with E-state index in [-0.39, 0.29) is 30.5 Å². The molecule has 21 heavy (non-hydrogen) atoms. The number of rotatable bonds is 6. The summed E-state index contributed by atoms with van der Waals surface area (Å²) in [5.74, 6) is -0.211. The highest BCUT2D eigenvalue weighted by atomic mass is 35.5. The van der Waals surface area contributed by atoms with Crippen molar-refractivity contribution in [3.63, 3.8) is 0 Å². The quantitative estimate of drug-likeness (QED) is 0.645. The van der Waals surface area contributed by atoms with Crippen LogP contribution in [0.2, 0.25) is 0 Å². The number of halogens is 1. The molecule has 2 N–H and O–H groups in total. The number of para-hydroxylation sites is 1. The zero-order valence-corrected chi connectivity index (χ0v) is 13.4. The Balaban J connectivity index is 0.00000400. The molecule has 0 aliphatic heterocycles. The number of amides is 1. The Morgan fingerprint density at radius 3 is 2.52 bits per heavy atom. The van der Waals surface area contributed by atoms with Crippen LogP contribution in [-0.4, -0.2) is 28.3 Å². The highest BCUT2D eigenvalue weighted by molar-refractivity contribution is 5.85. The lowest BCUT2D eigenvalue weighted by Gasteiger charge is -2.29. The van der Waals surface area contributed by atoms with Crippen molar-refractivity contribution in [2.45, 2.75) is 38.8 Å². The number of hydrogen-bond donors (Lipinski definition) is 1. The summed E-state index contributed by atoms with van der Waals surface area (Å²) in [6.45, 7) is 3.82. The van der Waals surface area contributed by atoms with Gasteiger partial charge < -0.3 is 10.6 Å². The lowest BCUT2D eigenvalue weighted by Crippen LogP contribution is -2.51. The van der Waals surface area contributed by atoms with Crippen LogP contribution in [0.25, 0.3) is 0 Å². The van der Waals surface area contributed by atoms with Crippen LogP contribution in [0.5, 0.6) is 0 Å². The standard InChI is InChI=1S/C14H21N3O3.ClH/c1-4-9-14(2,15)13(18)16(3)10-11-7-5-6-8-12(11)17(19)20;/h5-8H,4,9-10,15H2,1-3H3;1H. The summed E-state index contributed by atoms with van der Waals surface area (Å²) in [7, 11) is 1.61. The number of likely N-dealkylation sites (N-methyl/N-ethyl adjacent to an activating group) is 1. The van der Waals surface area contributed by atoms with E-state index in [1.54, 1.807) is 32.2 Å². The minimum atomic E-state index is -0.937. The van der Waals surface area contributed by atoms with Crippen molar-refractivity contribution < 1.29 is 9.72 Å². The van der Waals surface area contributed by atoms with Crippen LogP contribution in [0.4, 0.5) is 5.69 Å². The Labute approximate surface area is 130 Å². The fourth-order valence-electron chi connectivity index (χ4n) is 2.21. The van der Waals surface area contributed by atoms with Gasteiger partial charge in [-0.05, 0) is 13.3 Å². The topological polar surface area (TPSA) is 89.5 Å². The molecule has 0 saturated heterocycles. The van der Waals surface area contributed by atoms with Crippen LogP contribution in [0, 0.1) is 10.1 Å². The number of carbonyl (C=O) groups excluding carboxylic acids is 1. The zero-order chi connectivity index (χ0) is 15.3. The molecule has 0 aliphatic carbocycles. The Morgan fingerprint density at radius 2 is 2.00 bits per heavy atom. The lowest BCUT2D eigenvalue weighted by atomic mass is 9.95. The molecule has 7 heteroatoms. The van der Waals surface area contributed by atoms with Crippen LogP contribution in [0.15, 0.2) is 24.3 Å². The van der Waals surface area contributed by atoms with E-state index in [1.807, 2.05) is 6.92 Å². The molecular weight excluding hydrogens is 294 g/mol. The smallest absolute Gasteiger partial charge is 0.274 e. The highest BCUT2D eigenvalue weighted by Gasteiger charge is 2.30. The van der Waals surface area contributed by atoms with Gasteiger partial charge >= 0.3 is 0 Å². The average molecular weight is 316 g/mol. The molecule has 0 aromatic heterocycles. The molecule has 0 spiro atoms. The molecular formula is C14H22ClN3O3. The predicted molar refractivity (Wildman–Crippen MR) is 84.3 cm³/mol. The Hall–Kier alpha value is -1.66. The third-order valence-corrected chi connectivity index (χ3v) is 3.20. The van der Waals surface area contributed by atoms with Crippen LogP contribution in [0.3, 0.4) is 0 Å². The number of benzene rings is 1. The number of nitro groups is 1. The predicted octanol–water partition coefficient (Wildman–Crippen LogP) is 2.49. The number of nitrogens with zero attached hydrogens (tertiary/aromatic N) is 2. The van der Waals surface area contributed by atoms with Gasteiger partial charge in [0, 0.05) is 18.7 Å². The van der Waals surface area contributed by atoms with E-state index in [1.165, 1.54) is 11.0 Å². The van der Waals surface area contributed by atoms with E-state index in [0.717, 1.165) is 6.42 Å². The Bertz CT molecular complexity index is 506. The first-order valence-corrected chi connectivity index (χ1v) is 6.56. The molecule has 1 atom stereocenters. The first-order valence-electron chi connectivity index (χ1n) is 6.56. The maximum absolute atomic E-state index is 12.3. The molecule has 0 heterocycles. The average Bonchev–Trinajstić information content (AvgIpc) is 2.38. The minimum absolute atomic E-state index is 0. The molecule has 0 radical (unpaired) electrons. The van der Waals surface area contributed by atoms with Crippen LogP contribution in [0.1, 0.15) is 32.3 Å². The number of hydrogen-bond acceptors (Lipinski definition) is 4. The SMILES string of the molecule is CCCC(C)(N)C(=O)N(C)Cc1ccccc1[N+](=O)[O-].Cl. The number of nitrogens with two attached hydrogens (primary N) is 1. The van der Waals surface area contributed by atoms with Crippen molar-refractivity contribution >= 4 is 24.0 Å². The van der Waals surface area contributed by atoms with Gasteiger partial charge in [-0.3, -0.25) is 14.9 Å². The van der Waals surface area contributed by atoms with Crippen molar-refractivity contribution in [3.8, 4) is 0 Å². The number of carbonyl (C=O) groups is 1. The van der Waals surface area contributed by atoms with Gasteiger partial charge in [-0.15, -0.1) is 12.4 Å². The van der Waals surface area contributed by atoms with E-state index in [9.17, 15) is 14.9 Å². The molecule has 1 rings (SSSR count). The molecule has 6 nitrogen and oxygen atoms in total. The summed E-state index contributed by atoms with van der Waals surface area (Å²) in [6, 6.07) is 6.40. The second kappa shape index (κ2) is 7.95. The molecule has 118 valence electrons. The van der Waals surface area contributed by atoms with Gasteiger partial charge in [0.1, 0.15) is 0 Å². The van der Waals surface area contributed by atoms with Crippen molar-refractivity contribution in [3.05, 3.63) is 39.9 Å². The number of nitro benzene ring substituents is 1. The summed E-state index contributed by atoms with van der Waals surface area (Å²) in [5.41, 5.74) is 5.58.